The molecule has 0 bridgehead atoms. The van der Waals surface area contributed by atoms with Crippen LogP contribution in [0.5, 0.6) is 0 Å². The number of allylic oxidation sites excluding steroid dienone is 2. The molecule has 0 aromatic heterocycles. The van der Waals surface area contributed by atoms with Crippen molar-refractivity contribution in [2.45, 2.75) is 12.8 Å². The predicted octanol–water partition coefficient (Wildman–Crippen LogP) is 0.871. The van der Waals surface area contributed by atoms with Crippen LogP contribution in [0.25, 0.3) is 0 Å². The average molecular weight is 393 g/mol. The van der Waals surface area contributed by atoms with Gasteiger partial charge in [0.25, 0.3) is 0 Å². The van der Waals surface area contributed by atoms with Crippen molar-refractivity contribution in [3.8, 4) is 0 Å². The summed E-state index contributed by atoms with van der Waals surface area (Å²) in [6.07, 6.45) is 5.22. The lowest BCUT2D eigenvalue weighted by molar-refractivity contribution is -0.125. The predicted molar refractivity (Wildman–Crippen MR) is 107 cm³/mol. The van der Waals surface area contributed by atoms with Crippen molar-refractivity contribution in [1.82, 2.24) is 19.6 Å². The first-order chi connectivity index (χ1) is 13.5. The smallest absolute Gasteiger partial charge is 0.327 e. The second-order valence-corrected chi connectivity index (χ2v) is 6.87. The Morgan fingerprint density at radius 1 is 1.07 bits per heavy atom. The molecule has 28 heavy (non-hydrogen) atoms. The fraction of sp³-hybridized carbons (Fsp3) is 0.600. The van der Waals surface area contributed by atoms with E-state index in [1.807, 2.05) is 0 Å². The lowest BCUT2D eigenvalue weighted by Crippen LogP contribution is -2.46. The van der Waals surface area contributed by atoms with E-state index in [2.05, 4.69) is 23.0 Å². The molecule has 2 rings (SSSR count). The number of ether oxygens (including phenoxy) is 1. The van der Waals surface area contributed by atoms with Gasteiger partial charge in [-0.3, -0.25) is 14.6 Å². The van der Waals surface area contributed by atoms with Gasteiger partial charge >= 0.3 is 6.03 Å². The number of unbranched alkanes of at least 4 members (excludes halogenated alkanes) is 1. The highest BCUT2D eigenvalue weighted by molar-refractivity contribution is 6.01. The van der Waals surface area contributed by atoms with Gasteiger partial charge in [0.2, 0.25) is 5.91 Å². The second kappa shape index (κ2) is 10.9. The van der Waals surface area contributed by atoms with E-state index >= 15 is 0 Å². The number of amides is 3. The molecule has 2 aliphatic rings. The summed E-state index contributed by atoms with van der Waals surface area (Å²) >= 11 is 0. The van der Waals surface area contributed by atoms with Gasteiger partial charge in [-0.05, 0) is 31.5 Å². The Kier molecular flexibility index (Phi) is 8.53. The van der Waals surface area contributed by atoms with Crippen LogP contribution >= 0.6 is 0 Å². The topological polar surface area (TPSA) is 76.6 Å². The number of aliphatic hydroxyl groups excluding tert-OH is 1. The van der Waals surface area contributed by atoms with Gasteiger partial charge in [-0.25, -0.2) is 4.79 Å². The van der Waals surface area contributed by atoms with Crippen LogP contribution in [0.3, 0.4) is 0 Å². The van der Waals surface area contributed by atoms with Crippen molar-refractivity contribution in [2.24, 2.45) is 0 Å². The normalized spacial score (nSPS) is 19.1. The first-order valence-electron chi connectivity index (χ1n) is 9.76. The second-order valence-electron chi connectivity index (χ2n) is 6.87. The molecule has 0 aromatic rings. The summed E-state index contributed by atoms with van der Waals surface area (Å²) in [6, 6.07) is -0.285. The Bertz CT molecular complexity index is 611. The molecule has 8 heteroatoms. The molecule has 2 heterocycles. The number of aliphatic hydroxyl groups is 1. The number of hydrogen-bond acceptors (Lipinski definition) is 6. The van der Waals surface area contributed by atoms with Gasteiger partial charge in [0, 0.05) is 39.3 Å². The maximum absolute atomic E-state index is 12.1. The molecule has 0 spiro atoms. The van der Waals surface area contributed by atoms with Gasteiger partial charge in [0.15, 0.2) is 0 Å². The minimum atomic E-state index is -0.285. The summed E-state index contributed by atoms with van der Waals surface area (Å²) < 4.78 is 5.36. The molecule has 8 nitrogen and oxygen atoms in total. The van der Waals surface area contributed by atoms with E-state index in [9.17, 15) is 9.59 Å². The van der Waals surface area contributed by atoms with Gasteiger partial charge in [-0.1, -0.05) is 13.2 Å². The number of imide groups is 1. The minimum absolute atomic E-state index is 0.0781. The van der Waals surface area contributed by atoms with Crippen LogP contribution in [0, 0.1) is 0 Å². The first kappa shape index (κ1) is 22.0. The number of rotatable bonds is 11. The largest absolute Gasteiger partial charge is 0.495 e. The van der Waals surface area contributed by atoms with Crippen LogP contribution < -0.4 is 0 Å². The quantitative estimate of drug-likeness (QED) is 0.243. The first-order valence-corrected chi connectivity index (χ1v) is 9.76. The van der Waals surface area contributed by atoms with E-state index in [4.69, 9.17) is 9.84 Å². The molecule has 0 atom stereocenters. The summed E-state index contributed by atoms with van der Waals surface area (Å²) in [4.78, 5) is 31.4. The third-order valence-corrected chi connectivity index (χ3v) is 5.17. The molecule has 3 amide bonds. The minimum Gasteiger partial charge on any atom is -0.495 e. The molecular formula is C20H32N4O4. The zero-order valence-corrected chi connectivity index (χ0v) is 16.8. The Morgan fingerprint density at radius 2 is 1.75 bits per heavy atom. The maximum atomic E-state index is 12.1. The van der Waals surface area contributed by atoms with Gasteiger partial charge in [0.1, 0.15) is 12.3 Å². The van der Waals surface area contributed by atoms with Crippen LogP contribution in [-0.4, -0.2) is 103 Å². The molecule has 2 fully saturated rings. The van der Waals surface area contributed by atoms with E-state index in [1.54, 1.807) is 19.3 Å². The monoisotopic (exact) mass is 392 g/mol. The molecule has 2 saturated heterocycles. The number of nitrogens with zero attached hydrogens (tertiary/aromatic N) is 4. The van der Waals surface area contributed by atoms with E-state index in [0.29, 0.717) is 6.54 Å². The average Bonchev–Trinajstić information content (AvgIpc) is 2.97. The molecule has 2 aliphatic heterocycles. The van der Waals surface area contributed by atoms with Crippen LogP contribution in [0.2, 0.25) is 0 Å². The van der Waals surface area contributed by atoms with E-state index in [0.717, 1.165) is 57.0 Å². The maximum Gasteiger partial charge on any atom is 0.327 e. The fourth-order valence-corrected chi connectivity index (χ4v) is 3.61. The number of carbonyl (C=O) groups is 2. The van der Waals surface area contributed by atoms with Gasteiger partial charge < -0.3 is 19.6 Å². The highest BCUT2D eigenvalue weighted by atomic mass is 16.5. The number of piperazine rings is 1. The molecule has 0 saturated carbocycles. The Morgan fingerprint density at radius 3 is 2.32 bits per heavy atom. The molecule has 0 unspecified atom stereocenters. The lowest BCUT2D eigenvalue weighted by atomic mass is 10.2. The lowest BCUT2D eigenvalue weighted by Gasteiger charge is -2.37. The van der Waals surface area contributed by atoms with E-state index in [1.165, 1.54) is 9.80 Å². The van der Waals surface area contributed by atoms with Crippen LogP contribution in [0.15, 0.2) is 36.8 Å². The zero-order valence-electron chi connectivity index (χ0n) is 16.8. The molecule has 0 radical (unpaired) electrons. The molecular weight excluding hydrogens is 360 g/mol. The molecule has 156 valence electrons. The van der Waals surface area contributed by atoms with Crippen LogP contribution in [-0.2, 0) is 9.53 Å². The van der Waals surface area contributed by atoms with E-state index in [-0.39, 0.29) is 31.6 Å². The Labute approximate surface area is 167 Å². The van der Waals surface area contributed by atoms with Crippen molar-refractivity contribution in [3.63, 3.8) is 0 Å². The van der Waals surface area contributed by atoms with E-state index < -0.39 is 0 Å². The van der Waals surface area contributed by atoms with Crippen molar-refractivity contribution in [3.05, 3.63) is 36.8 Å². The zero-order chi connectivity index (χ0) is 20.5. The standard InChI is InChI=1S/C20H32N4O4/c1-4-17(18(5-2)28-3)22-12-10-21(11-13-22)8-6-7-9-24-19(26)16-23(14-15-25)20(24)27/h4-5,25H,1-2,6-16H2,3H3/b18-17-. The summed E-state index contributed by atoms with van der Waals surface area (Å²) in [5.74, 6) is 0.561. The third kappa shape index (κ3) is 5.36. The summed E-state index contributed by atoms with van der Waals surface area (Å²) in [5.41, 5.74) is 0.968. The highest BCUT2D eigenvalue weighted by Gasteiger charge is 2.34. The number of carbonyl (C=O) groups excluding carboxylic acids is 2. The Hall–Kier alpha value is -2.32. The number of urea groups is 1. The summed E-state index contributed by atoms with van der Waals surface area (Å²) in [7, 11) is 1.63. The van der Waals surface area contributed by atoms with Gasteiger partial charge in [-0.2, -0.15) is 0 Å². The van der Waals surface area contributed by atoms with Crippen molar-refractivity contribution < 1.29 is 19.4 Å². The fourth-order valence-electron chi connectivity index (χ4n) is 3.61. The highest BCUT2D eigenvalue weighted by Crippen LogP contribution is 2.17. The van der Waals surface area contributed by atoms with Crippen molar-refractivity contribution in [1.29, 1.82) is 0 Å². The third-order valence-electron chi connectivity index (χ3n) is 5.17. The van der Waals surface area contributed by atoms with Crippen LogP contribution in [0.4, 0.5) is 4.79 Å². The SMILES string of the molecule is C=C/C(OC)=C(\C=C)N1CCN(CCCCN2C(=O)CN(CCO)C2=O)CC1. The molecule has 1 N–H and O–H groups in total. The molecule has 0 aliphatic carbocycles. The Balaban J connectivity index is 1.71. The van der Waals surface area contributed by atoms with Gasteiger partial charge in [0.05, 0.1) is 19.4 Å². The van der Waals surface area contributed by atoms with Crippen molar-refractivity contribution >= 4 is 11.9 Å². The van der Waals surface area contributed by atoms with Crippen LogP contribution in [0.1, 0.15) is 12.8 Å². The van der Waals surface area contributed by atoms with Crippen molar-refractivity contribution in [2.75, 3.05) is 66.1 Å². The molecule has 0 aromatic carbocycles. The number of hydrogen-bond donors (Lipinski definition) is 1. The summed E-state index contributed by atoms with van der Waals surface area (Å²) in [5, 5.41) is 8.95. The number of methoxy groups -OCH3 is 1. The summed E-state index contributed by atoms with van der Waals surface area (Å²) in [6.45, 7) is 12.9. The van der Waals surface area contributed by atoms with Gasteiger partial charge in [-0.15, -0.1) is 0 Å². The number of β-amino-alcohol motifs (C(OH)–C–C–N with tert-alkyl or cyclic N) is 1.